The second-order valence-corrected chi connectivity index (χ2v) is 15.7. The highest BCUT2D eigenvalue weighted by Gasteiger charge is 2.46. The maximum Gasteiger partial charge on any atom is 0.100 e. The van der Waals surface area contributed by atoms with Gasteiger partial charge in [0.1, 0.15) is 5.54 Å². The number of aromatic nitrogens is 1. The van der Waals surface area contributed by atoms with Crippen LogP contribution in [0.2, 0.25) is 0 Å². The molecular formula is C58H42N2. The van der Waals surface area contributed by atoms with Gasteiger partial charge in [0.15, 0.2) is 0 Å². The lowest BCUT2D eigenvalue weighted by atomic mass is 9.70. The molecule has 0 bridgehead atoms. The van der Waals surface area contributed by atoms with Crippen LogP contribution in [0.25, 0.3) is 66.1 Å². The summed E-state index contributed by atoms with van der Waals surface area (Å²) in [4.78, 5) is 2.69. The topological polar surface area (TPSA) is 8.17 Å². The van der Waals surface area contributed by atoms with Crippen molar-refractivity contribution in [1.29, 1.82) is 0 Å². The van der Waals surface area contributed by atoms with E-state index >= 15 is 0 Å². The molecule has 1 atom stereocenters. The van der Waals surface area contributed by atoms with Crippen LogP contribution in [0, 0.1) is 0 Å². The lowest BCUT2D eigenvalue weighted by Crippen LogP contribution is -2.45. The van der Waals surface area contributed by atoms with E-state index in [0.717, 1.165) is 23.5 Å². The van der Waals surface area contributed by atoms with Crippen LogP contribution in [-0.2, 0) is 5.54 Å². The van der Waals surface area contributed by atoms with Crippen molar-refractivity contribution in [2.75, 3.05) is 4.90 Å². The Kier molecular flexibility index (Phi) is 8.82. The van der Waals surface area contributed by atoms with E-state index in [9.17, 15) is 0 Å². The first kappa shape index (κ1) is 35.5. The van der Waals surface area contributed by atoms with Crippen molar-refractivity contribution in [1.82, 2.24) is 4.57 Å². The molecule has 11 rings (SSSR count). The minimum absolute atomic E-state index is 0.700. The number of anilines is 2. The molecule has 0 saturated carbocycles. The van der Waals surface area contributed by atoms with Crippen LogP contribution in [0.1, 0.15) is 17.5 Å². The van der Waals surface area contributed by atoms with Gasteiger partial charge in [-0.1, -0.05) is 194 Å². The highest BCUT2D eigenvalue weighted by Crippen LogP contribution is 2.56. The fourth-order valence-corrected chi connectivity index (χ4v) is 9.70. The van der Waals surface area contributed by atoms with Crippen molar-refractivity contribution >= 4 is 49.5 Å². The molecule has 0 fully saturated rings. The lowest BCUT2D eigenvalue weighted by Gasteiger charge is -2.49. The molecule has 0 aliphatic heterocycles. The zero-order valence-corrected chi connectivity index (χ0v) is 33.2. The predicted octanol–water partition coefficient (Wildman–Crippen LogP) is 15.3. The molecule has 0 radical (unpaired) electrons. The number of hydrogen-bond donors (Lipinski definition) is 0. The first-order valence-electron chi connectivity index (χ1n) is 20.8. The molecule has 9 aromatic carbocycles. The average Bonchev–Trinajstić information content (AvgIpc) is 3.67. The molecule has 2 nitrogen and oxygen atoms in total. The minimum atomic E-state index is -0.700. The Morgan fingerprint density at radius 1 is 0.450 bits per heavy atom. The van der Waals surface area contributed by atoms with Crippen LogP contribution in [0.4, 0.5) is 11.4 Å². The fourth-order valence-electron chi connectivity index (χ4n) is 9.70. The predicted molar refractivity (Wildman–Crippen MR) is 254 cm³/mol. The molecule has 0 amide bonds. The summed E-state index contributed by atoms with van der Waals surface area (Å²) in [7, 11) is 0. The van der Waals surface area contributed by atoms with Gasteiger partial charge in [0, 0.05) is 22.1 Å². The van der Waals surface area contributed by atoms with Crippen LogP contribution >= 0.6 is 0 Å². The normalized spacial score (nSPS) is 15.0. The number of fused-ring (bicyclic) bond motifs is 4. The molecule has 0 N–H and O–H groups in total. The molecule has 1 unspecified atom stereocenters. The Morgan fingerprint density at radius 3 is 1.92 bits per heavy atom. The van der Waals surface area contributed by atoms with Crippen LogP contribution in [0.15, 0.2) is 243 Å². The van der Waals surface area contributed by atoms with E-state index < -0.39 is 5.54 Å². The maximum absolute atomic E-state index is 2.69. The number of rotatable bonds is 8. The Bertz CT molecular complexity index is 3230. The Morgan fingerprint density at radius 2 is 1.08 bits per heavy atom. The molecule has 284 valence electrons. The Balaban J connectivity index is 1.28. The van der Waals surface area contributed by atoms with Gasteiger partial charge in [-0.3, -0.25) is 0 Å². The quantitative estimate of drug-likeness (QED) is 0.150. The highest BCUT2D eigenvalue weighted by molar-refractivity contribution is 6.16. The van der Waals surface area contributed by atoms with Crippen molar-refractivity contribution in [2.24, 2.45) is 0 Å². The summed E-state index contributed by atoms with van der Waals surface area (Å²) in [5.74, 6) is 0. The second-order valence-electron chi connectivity index (χ2n) is 15.7. The summed E-state index contributed by atoms with van der Waals surface area (Å²) >= 11 is 0. The van der Waals surface area contributed by atoms with Gasteiger partial charge >= 0.3 is 0 Å². The first-order chi connectivity index (χ1) is 29.8. The summed E-state index contributed by atoms with van der Waals surface area (Å²) in [6.07, 6.45) is 7.71. The van der Waals surface area contributed by atoms with Crippen LogP contribution in [0.3, 0.4) is 0 Å². The Labute approximate surface area is 351 Å². The number of allylic oxidation sites excluding steroid dienone is 2. The van der Waals surface area contributed by atoms with Crippen LogP contribution in [0.5, 0.6) is 0 Å². The van der Waals surface area contributed by atoms with E-state index in [1.807, 2.05) is 0 Å². The number of hydrogen-bond acceptors (Lipinski definition) is 1. The van der Waals surface area contributed by atoms with Crippen molar-refractivity contribution in [3.05, 3.63) is 254 Å². The number of nitrogens with zero attached hydrogens (tertiary/aromatic N) is 2. The van der Waals surface area contributed by atoms with Gasteiger partial charge in [-0.25, -0.2) is 0 Å². The third-order valence-corrected chi connectivity index (χ3v) is 12.3. The minimum Gasteiger partial charge on any atom is -0.326 e. The molecule has 60 heavy (non-hydrogen) atoms. The van der Waals surface area contributed by atoms with Crippen molar-refractivity contribution in [2.45, 2.75) is 12.0 Å². The second kappa shape index (κ2) is 14.9. The maximum atomic E-state index is 2.69. The molecule has 10 aromatic rings. The Hall–Kier alpha value is -7.68. The van der Waals surface area contributed by atoms with Crippen molar-refractivity contribution < 1.29 is 0 Å². The average molecular weight is 767 g/mol. The molecule has 0 saturated heterocycles. The van der Waals surface area contributed by atoms with Gasteiger partial charge in [-0.15, -0.1) is 0 Å². The van der Waals surface area contributed by atoms with E-state index in [1.165, 1.54) is 71.5 Å². The van der Waals surface area contributed by atoms with Crippen molar-refractivity contribution in [3.8, 4) is 27.9 Å². The van der Waals surface area contributed by atoms with E-state index in [-0.39, 0.29) is 0 Å². The zero-order chi connectivity index (χ0) is 39.9. The first-order valence-corrected chi connectivity index (χ1v) is 20.8. The molecule has 1 heterocycles. The van der Waals surface area contributed by atoms with Gasteiger partial charge in [0.2, 0.25) is 0 Å². The number of benzene rings is 9. The standard InChI is InChI=1S/C58H42N2/c1-4-21-43(22-5-1)50-30-12-14-33-53(50)58(39-17-16-32-52(58)44-23-6-2-7-24-44)60(49-29-18-26-46(41-49)47-38-37-42-20-10-11-25-45(42)40-47)56-36-19-35-55-57(56)51-31-13-15-34-54(51)59(55)48-27-8-3-9-28-48/h1-38,40-41H,39H2. The summed E-state index contributed by atoms with van der Waals surface area (Å²) < 4.78 is 2.43. The summed E-state index contributed by atoms with van der Waals surface area (Å²) in [6.45, 7) is 0. The van der Waals surface area contributed by atoms with Crippen LogP contribution in [-0.4, -0.2) is 4.57 Å². The van der Waals surface area contributed by atoms with Gasteiger partial charge in [0.05, 0.1) is 16.7 Å². The third kappa shape index (κ3) is 5.88. The smallest absolute Gasteiger partial charge is 0.100 e. The molecular weight excluding hydrogens is 725 g/mol. The SMILES string of the molecule is C1=CCC(c2ccccc2-c2ccccc2)(N(c2cccc(-c3ccc4ccccc4c3)c2)c2cccc3c2c2ccccc2n3-c2ccccc2)C(c2ccccc2)=C1. The molecule has 1 aliphatic carbocycles. The fraction of sp³-hybridized carbons (Fsp3) is 0.0345. The van der Waals surface area contributed by atoms with E-state index in [2.05, 4.69) is 252 Å². The summed E-state index contributed by atoms with van der Waals surface area (Å²) in [5.41, 5.74) is 13.5. The van der Waals surface area contributed by atoms with Crippen LogP contribution < -0.4 is 4.90 Å². The van der Waals surface area contributed by atoms with E-state index in [1.54, 1.807) is 0 Å². The molecule has 1 aromatic heterocycles. The third-order valence-electron chi connectivity index (χ3n) is 12.3. The van der Waals surface area contributed by atoms with E-state index in [0.29, 0.717) is 0 Å². The largest absolute Gasteiger partial charge is 0.326 e. The lowest BCUT2D eigenvalue weighted by molar-refractivity contribution is 0.569. The summed E-state index contributed by atoms with van der Waals surface area (Å²) in [5, 5.41) is 4.90. The molecule has 1 aliphatic rings. The highest BCUT2D eigenvalue weighted by atomic mass is 15.2. The zero-order valence-electron chi connectivity index (χ0n) is 33.2. The molecule has 0 spiro atoms. The van der Waals surface area contributed by atoms with Gasteiger partial charge in [-0.2, -0.15) is 0 Å². The van der Waals surface area contributed by atoms with Gasteiger partial charge in [-0.05, 0) is 105 Å². The number of para-hydroxylation sites is 2. The van der Waals surface area contributed by atoms with E-state index in [4.69, 9.17) is 0 Å². The van der Waals surface area contributed by atoms with Gasteiger partial charge < -0.3 is 9.47 Å². The monoisotopic (exact) mass is 766 g/mol. The van der Waals surface area contributed by atoms with Crippen molar-refractivity contribution in [3.63, 3.8) is 0 Å². The van der Waals surface area contributed by atoms with Gasteiger partial charge in [0.25, 0.3) is 0 Å². The summed E-state index contributed by atoms with van der Waals surface area (Å²) in [6, 6.07) is 82.2. The molecule has 2 heteroatoms.